The van der Waals surface area contributed by atoms with Crippen LogP contribution in [-0.2, 0) is 16.7 Å². The zero-order valence-corrected chi connectivity index (χ0v) is 15.9. The van der Waals surface area contributed by atoms with Crippen LogP contribution in [0.1, 0.15) is 30.9 Å². The number of halogens is 1. The highest BCUT2D eigenvalue weighted by Crippen LogP contribution is 2.34. The molecule has 0 amide bonds. The second-order valence-corrected chi connectivity index (χ2v) is 6.94. The molecule has 0 aliphatic carbocycles. The molecular weight excluding hydrogens is 341 g/mol. The lowest BCUT2D eigenvalue weighted by Crippen LogP contribution is -2.48. The van der Waals surface area contributed by atoms with Crippen LogP contribution in [0.3, 0.4) is 0 Å². The smallest absolute Gasteiger partial charge is 0.191 e. The number of benzene rings is 2. The Kier molecular flexibility index (Phi) is 6.82. The molecule has 0 radical (unpaired) electrons. The summed E-state index contributed by atoms with van der Waals surface area (Å²) in [6, 6.07) is 17.2. The van der Waals surface area contributed by atoms with Crippen LogP contribution in [0.2, 0.25) is 0 Å². The molecule has 2 aromatic rings. The Balaban J connectivity index is 1.72. The Hall–Kier alpha value is -2.40. The number of guanidine groups is 1. The minimum absolute atomic E-state index is 0.0363. The standard InChI is InChI=1S/C22H28FN3O/c1-2-24-21(25-16-18-7-6-10-20(23)15-18)26-17-22(11-13-27-14-12-22)19-8-4-3-5-9-19/h3-10,15H,2,11-14,16-17H2,1H3,(H2,24,25,26). The quantitative estimate of drug-likeness (QED) is 0.604. The van der Waals surface area contributed by atoms with Crippen molar-refractivity contribution in [3.8, 4) is 0 Å². The first-order valence-corrected chi connectivity index (χ1v) is 9.62. The minimum Gasteiger partial charge on any atom is -0.381 e. The third-order valence-corrected chi connectivity index (χ3v) is 5.08. The van der Waals surface area contributed by atoms with E-state index in [0.29, 0.717) is 6.54 Å². The predicted molar refractivity (Wildman–Crippen MR) is 107 cm³/mol. The van der Waals surface area contributed by atoms with E-state index in [-0.39, 0.29) is 11.2 Å². The molecule has 1 aliphatic heterocycles. The number of hydrogen-bond acceptors (Lipinski definition) is 2. The maximum atomic E-state index is 13.4. The molecule has 144 valence electrons. The molecular formula is C22H28FN3O. The summed E-state index contributed by atoms with van der Waals surface area (Å²) in [5, 5.41) is 6.79. The first-order chi connectivity index (χ1) is 13.2. The van der Waals surface area contributed by atoms with E-state index in [1.165, 1.54) is 17.7 Å². The van der Waals surface area contributed by atoms with Gasteiger partial charge in [-0.25, -0.2) is 9.38 Å². The van der Waals surface area contributed by atoms with E-state index in [4.69, 9.17) is 4.74 Å². The number of nitrogens with zero attached hydrogens (tertiary/aromatic N) is 1. The zero-order valence-electron chi connectivity index (χ0n) is 15.9. The van der Waals surface area contributed by atoms with Gasteiger partial charge in [0.25, 0.3) is 0 Å². The fourth-order valence-electron chi connectivity index (χ4n) is 3.52. The second-order valence-electron chi connectivity index (χ2n) is 6.94. The molecule has 5 heteroatoms. The average Bonchev–Trinajstić information content (AvgIpc) is 2.71. The zero-order chi connectivity index (χ0) is 19.0. The van der Waals surface area contributed by atoms with Crippen molar-refractivity contribution in [2.45, 2.75) is 31.7 Å². The van der Waals surface area contributed by atoms with Gasteiger partial charge >= 0.3 is 0 Å². The van der Waals surface area contributed by atoms with Gasteiger partial charge in [0.05, 0.1) is 6.54 Å². The maximum absolute atomic E-state index is 13.4. The first-order valence-electron chi connectivity index (χ1n) is 9.62. The number of ether oxygens (including phenoxy) is 1. The number of aliphatic imine (C=N–C) groups is 1. The van der Waals surface area contributed by atoms with Crippen molar-refractivity contribution in [2.75, 3.05) is 26.3 Å². The van der Waals surface area contributed by atoms with Gasteiger partial charge in [0.15, 0.2) is 5.96 Å². The third-order valence-electron chi connectivity index (χ3n) is 5.08. The van der Waals surface area contributed by atoms with E-state index >= 15 is 0 Å². The van der Waals surface area contributed by atoms with Crippen molar-refractivity contribution in [1.82, 2.24) is 10.6 Å². The summed E-state index contributed by atoms with van der Waals surface area (Å²) >= 11 is 0. The van der Waals surface area contributed by atoms with Gasteiger partial charge in [-0.05, 0) is 43.0 Å². The molecule has 1 aliphatic rings. The summed E-state index contributed by atoms with van der Waals surface area (Å²) < 4.78 is 19.0. The second kappa shape index (κ2) is 9.51. The number of nitrogens with one attached hydrogen (secondary N) is 2. The van der Waals surface area contributed by atoms with Gasteiger partial charge in [-0.1, -0.05) is 42.5 Å². The number of hydrogen-bond donors (Lipinski definition) is 2. The molecule has 0 spiro atoms. The van der Waals surface area contributed by atoms with Crippen LogP contribution in [0.5, 0.6) is 0 Å². The lowest BCUT2D eigenvalue weighted by Gasteiger charge is -2.38. The monoisotopic (exact) mass is 369 g/mol. The average molecular weight is 369 g/mol. The molecule has 0 atom stereocenters. The van der Waals surface area contributed by atoms with Gasteiger partial charge < -0.3 is 15.4 Å². The molecule has 2 aromatic carbocycles. The van der Waals surface area contributed by atoms with Gasteiger partial charge in [-0.3, -0.25) is 0 Å². The van der Waals surface area contributed by atoms with E-state index in [1.807, 2.05) is 13.0 Å². The van der Waals surface area contributed by atoms with Crippen molar-refractivity contribution in [3.63, 3.8) is 0 Å². The van der Waals surface area contributed by atoms with Crippen LogP contribution in [-0.4, -0.2) is 32.3 Å². The van der Waals surface area contributed by atoms with Crippen molar-refractivity contribution in [3.05, 3.63) is 71.5 Å². The van der Waals surface area contributed by atoms with Crippen molar-refractivity contribution in [1.29, 1.82) is 0 Å². The summed E-state index contributed by atoms with van der Waals surface area (Å²) in [7, 11) is 0. The van der Waals surface area contributed by atoms with E-state index in [1.54, 1.807) is 6.07 Å². The van der Waals surface area contributed by atoms with Gasteiger partial charge in [0.1, 0.15) is 5.82 Å². The van der Waals surface area contributed by atoms with Crippen molar-refractivity contribution < 1.29 is 9.13 Å². The Morgan fingerprint density at radius 3 is 2.56 bits per heavy atom. The van der Waals surface area contributed by atoms with E-state index in [0.717, 1.165) is 50.7 Å². The van der Waals surface area contributed by atoms with Crippen LogP contribution in [0.25, 0.3) is 0 Å². The highest BCUT2D eigenvalue weighted by atomic mass is 19.1. The van der Waals surface area contributed by atoms with Crippen molar-refractivity contribution in [2.24, 2.45) is 4.99 Å². The lowest BCUT2D eigenvalue weighted by molar-refractivity contribution is 0.0514. The molecule has 0 unspecified atom stereocenters. The molecule has 0 aromatic heterocycles. The topological polar surface area (TPSA) is 45.7 Å². The fraction of sp³-hybridized carbons (Fsp3) is 0.409. The highest BCUT2D eigenvalue weighted by Gasteiger charge is 2.34. The van der Waals surface area contributed by atoms with E-state index < -0.39 is 0 Å². The van der Waals surface area contributed by atoms with Crippen LogP contribution in [0.15, 0.2) is 59.6 Å². The summed E-state index contributed by atoms with van der Waals surface area (Å²) in [5.41, 5.74) is 2.23. The van der Waals surface area contributed by atoms with E-state index in [2.05, 4.69) is 46.0 Å². The van der Waals surface area contributed by atoms with Gasteiger partial charge in [-0.2, -0.15) is 0 Å². The summed E-state index contributed by atoms with van der Waals surface area (Å²) in [6.07, 6.45) is 1.96. The highest BCUT2D eigenvalue weighted by molar-refractivity contribution is 5.79. The van der Waals surface area contributed by atoms with Crippen LogP contribution < -0.4 is 10.6 Å². The molecule has 2 N–H and O–H groups in total. The third kappa shape index (κ3) is 5.30. The van der Waals surface area contributed by atoms with Crippen molar-refractivity contribution >= 4 is 5.96 Å². The summed E-state index contributed by atoms with van der Waals surface area (Å²) in [5.74, 6) is 0.523. The lowest BCUT2D eigenvalue weighted by atomic mass is 9.74. The Morgan fingerprint density at radius 2 is 1.85 bits per heavy atom. The van der Waals surface area contributed by atoms with E-state index in [9.17, 15) is 4.39 Å². The van der Waals surface area contributed by atoms with Gasteiger partial charge in [-0.15, -0.1) is 0 Å². The first kappa shape index (κ1) is 19.4. The Labute approximate surface area is 160 Å². The predicted octanol–water partition coefficient (Wildman–Crippen LogP) is 3.63. The number of rotatable bonds is 6. The maximum Gasteiger partial charge on any atom is 0.191 e. The molecule has 4 nitrogen and oxygen atoms in total. The molecule has 27 heavy (non-hydrogen) atoms. The molecule has 3 rings (SSSR count). The largest absolute Gasteiger partial charge is 0.381 e. The molecule has 1 fully saturated rings. The van der Waals surface area contributed by atoms with Gasteiger partial charge in [0, 0.05) is 31.7 Å². The summed E-state index contributed by atoms with van der Waals surface area (Å²) in [6.45, 7) is 5.59. The van der Waals surface area contributed by atoms with Crippen LogP contribution in [0, 0.1) is 5.82 Å². The van der Waals surface area contributed by atoms with Crippen LogP contribution in [0.4, 0.5) is 4.39 Å². The fourth-order valence-corrected chi connectivity index (χ4v) is 3.52. The molecule has 1 saturated heterocycles. The Bertz CT molecular complexity index is 742. The van der Waals surface area contributed by atoms with Crippen LogP contribution >= 0.6 is 0 Å². The summed E-state index contributed by atoms with van der Waals surface area (Å²) in [4.78, 5) is 4.63. The normalized spacial score (nSPS) is 16.7. The molecule has 0 saturated carbocycles. The Morgan fingerprint density at radius 1 is 1.07 bits per heavy atom. The minimum atomic E-state index is -0.231. The SMILES string of the molecule is CCNC(=NCc1cccc(F)c1)NCC1(c2ccccc2)CCOCC1. The molecule has 1 heterocycles. The molecule has 0 bridgehead atoms. The van der Waals surface area contributed by atoms with Gasteiger partial charge in [0.2, 0.25) is 0 Å².